The average Bonchev–Trinajstić information content (AvgIpc) is 3.24. The number of aryl methyl sites for hydroxylation is 1. The average molecular weight is 438 g/mol. The molecule has 6 heteroatoms. The van der Waals surface area contributed by atoms with Crippen molar-refractivity contribution in [3.63, 3.8) is 0 Å². The van der Waals surface area contributed by atoms with Crippen LogP contribution < -0.4 is 0 Å². The van der Waals surface area contributed by atoms with Gasteiger partial charge in [0, 0.05) is 31.5 Å². The van der Waals surface area contributed by atoms with Crippen molar-refractivity contribution in [3.05, 3.63) is 52.8 Å². The molecule has 3 aliphatic heterocycles. The van der Waals surface area contributed by atoms with Gasteiger partial charge in [-0.2, -0.15) is 5.10 Å². The number of carbonyl (C=O) groups is 1. The van der Waals surface area contributed by atoms with Crippen LogP contribution in [0.4, 0.5) is 0 Å². The number of aromatic nitrogens is 2. The maximum Gasteiger partial charge on any atom is 0.223 e. The van der Waals surface area contributed by atoms with Gasteiger partial charge in [0.1, 0.15) is 5.60 Å². The number of piperidine rings is 1. The number of rotatable bonds is 3. The summed E-state index contributed by atoms with van der Waals surface area (Å²) in [5.74, 6) is 0.251. The molecule has 0 saturated carbocycles. The van der Waals surface area contributed by atoms with Gasteiger partial charge in [-0.15, -0.1) is 0 Å². The lowest BCUT2D eigenvalue weighted by molar-refractivity contribution is -0.145. The van der Waals surface area contributed by atoms with Gasteiger partial charge in [-0.05, 0) is 69.6 Å². The van der Waals surface area contributed by atoms with Crippen LogP contribution in [0.5, 0.6) is 0 Å². The lowest BCUT2D eigenvalue weighted by Crippen LogP contribution is -2.51. The molecule has 1 aromatic carbocycles. The Bertz CT molecular complexity index is 990. The first kappa shape index (κ1) is 21.7. The van der Waals surface area contributed by atoms with Crippen LogP contribution in [-0.2, 0) is 31.7 Å². The van der Waals surface area contributed by atoms with Crippen molar-refractivity contribution in [3.8, 4) is 0 Å². The molecular weight excluding hydrogens is 402 g/mol. The minimum Gasteiger partial charge on any atom is -0.376 e. The number of ether oxygens (including phenoxy) is 2. The SMILES string of the molecule is Cc1ccccc1C1(CC(=O)N2CCC3(CC2)OCCc2cn[nH]c23)CCOC(C)(C)C1. The molecule has 32 heavy (non-hydrogen) atoms. The van der Waals surface area contributed by atoms with E-state index < -0.39 is 0 Å². The molecule has 1 atom stereocenters. The van der Waals surface area contributed by atoms with E-state index in [0.717, 1.165) is 57.5 Å². The van der Waals surface area contributed by atoms with Gasteiger partial charge in [-0.1, -0.05) is 24.3 Å². The van der Waals surface area contributed by atoms with Crippen LogP contribution in [0.2, 0.25) is 0 Å². The van der Waals surface area contributed by atoms with Crippen molar-refractivity contribution in [2.75, 3.05) is 26.3 Å². The van der Waals surface area contributed by atoms with Crippen molar-refractivity contribution in [1.29, 1.82) is 0 Å². The number of amides is 1. The zero-order chi connectivity index (χ0) is 22.4. The van der Waals surface area contributed by atoms with Crippen molar-refractivity contribution < 1.29 is 14.3 Å². The molecule has 172 valence electrons. The molecule has 1 spiro atoms. The molecule has 0 aliphatic carbocycles. The first-order valence-corrected chi connectivity index (χ1v) is 12.0. The van der Waals surface area contributed by atoms with Gasteiger partial charge in [-0.3, -0.25) is 9.89 Å². The highest BCUT2D eigenvalue weighted by molar-refractivity contribution is 5.78. The van der Waals surface area contributed by atoms with Crippen LogP contribution in [0.15, 0.2) is 30.5 Å². The number of nitrogens with zero attached hydrogens (tertiary/aromatic N) is 2. The Hall–Kier alpha value is -2.18. The second-order valence-electron chi connectivity index (χ2n) is 10.6. The highest BCUT2D eigenvalue weighted by Crippen LogP contribution is 2.46. The Morgan fingerprint density at radius 1 is 1.12 bits per heavy atom. The van der Waals surface area contributed by atoms with Crippen LogP contribution in [0.1, 0.15) is 68.3 Å². The van der Waals surface area contributed by atoms with E-state index in [-0.39, 0.29) is 22.5 Å². The fourth-order valence-corrected chi connectivity index (χ4v) is 6.36. The van der Waals surface area contributed by atoms with E-state index in [1.54, 1.807) is 0 Å². The van der Waals surface area contributed by atoms with Gasteiger partial charge < -0.3 is 14.4 Å². The number of benzene rings is 1. The second kappa shape index (κ2) is 7.99. The van der Waals surface area contributed by atoms with E-state index in [0.29, 0.717) is 13.0 Å². The topological polar surface area (TPSA) is 67.5 Å². The fraction of sp³-hybridized carbons (Fsp3) is 0.615. The Morgan fingerprint density at radius 2 is 1.91 bits per heavy atom. The predicted octanol–water partition coefficient (Wildman–Crippen LogP) is 4.03. The first-order valence-electron chi connectivity index (χ1n) is 12.0. The first-order chi connectivity index (χ1) is 15.3. The number of aromatic amines is 1. The summed E-state index contributed by atoms with van der Waals surface area (Å²) < 4.78 is 12.3. The molecule has 2 fully saturated rings. The molecule has 1 amide bonds. The van der Waals surface area contributed by atoms with Crippen LogP contribution in [0.3, 0.4) is 0 Å². The Labute approximate surface area is 190 Å². The normalized spacial score (nSPS) is 26.7. The van der Waals surface area contributed by atoms with Crippen LogP contribution in [-0.4, -0.2) is 52.9 Å². The smallest absolute Gasteiger partial charge is 0.223 e. The highest BCUT2D eigenvalue weighted by atomic mass is 16.5. The number of hydrogen-bond donors (Lipinski definition) is 1. The molecule has 2 aromatic rings. The van der Waals surface area contributed by atoms with Crippen molar-refractivity contribution >= 4 is 5.91 Å². The molecule has 4 heterocycles. The van der Waals surface area contributed by atoms with Gasteiger partial charge in [0.2, 0.25) is 5.91 Å². The van der Waals surface area contributed by atoms with E-state index in [4.69, 9.17) is 9.47 Å². The summed E-state index contributed by atoms with van der Waals surface area (Å²) in [5, 5.41) is 7.43. The predicted molar refractivity (Wildman–Crippen MR) is 122 cm³/mol. The molecule has 2 saturated heterocycles. The lowest BCUT2D eigenvalue weighted by atomic mass is 9.66. The van der Waals surface area contributed by atoms with E-state index >= 15 is 0 Å². The number of hydrogen-bond acceptors (Lipinski definition) is 4. The van der Waals surface area contributed by atoms with Gasteiger partial charge in [-0.25, -0.2) is 0 Å². The third kappa shape index (κ3) is 3.77. The minimum absolute atomic E-state index is 0.183. The van der Waals surface area contributed by atoms with Crippen molar-refractivity contribution in [1.82, 2.24) is 15.1 Å². The highest BCUT2D eigenvalue weighted by Gasteiger charge is 2.47. The molecule has 1 unspecified atom stereocenters. The molecule has 5 rings (SSSR count). The minimum atomic E-state index is -0.310. The number of nitrogens with one attached hydrogen (secondary N) is 1. The number of likely N-dealkylation sites (tertiary alicyclic amines) is 1. The van der Waals surface area contributed by atoms with E-state index in [1.165, 1.54) is 16.7 Å². The summed E-state index contributed by atoms with van der Waals surface area (Å²) in [6, 6.07) is 8.56. The summed E-state index contributed by atoms with van der Waals surface area (Å²) in [5.41, 5.74) is 4.22. The molecule has 1 N–H and O–H groups in total. The summed E-state index contributed by atoms with van der Waals surface area (Å²) in [7, 11) is 0. The summed E-state index contributed by atoms with van der Waals surface area (Å²) >= 11 is 0. The van der Waals surface area contributed by atoms with Crippen molar-refractivity contribution in [2.45, 2.75) is 75.9 Å². The van der Waals surface area contributed by atoms with Crippen LogP contribution >= 0.6 is 0 Å². The van der Waals surface area contributed by atoms with Crippen LogP contribution in [0.25, 0.3) is 0 Å². The third-order valence-electron chi connectivity index (χ3n) is 7.89. The number of H-pyrrole nitrogens is 1. The van der Waals surface area contributed by atoms with Gasteiger partial charge >= 0.3 is 0 Å². The molecule has 0 radical (unpaired) electrons. The van der Waals surface area contributed by atoms with Crippen molar-refractivity contribution in [2.24, 2.45) is 0 Å². The Kier molecular flexibility index (Phi) is 5.41. The number of carbonyl (C=O) groups excluding carboxylic acids is 1. The monoisotopic (exact) mass is 437 g/mol. The Morgan fingerprint density at radius 3 is 2.66 bits per heavy atom. The zero-order valence-electron chi connectivity index (χ0n) is 19.6. The molecule has 3 aliphatic rings. The standard InChI is InChI=1S/C26H35N3O3/c1-19-6-4-5-7-21(19)25(11-15-31-24(2,3)18-25)16-22(30)29-12-9-26(10-13-29)23-20(8-14-32-26)17-27-28-23/h4-7,17H,8-16,18H2,1-3H3,(H,27,28). The second-order valence-corrected chi connectivity index (χ2v) is 10.6. The van der Waals surface area contributed by atoms with Gasteiger partial charge in [0.15, 0.2) is 0 Å². The molecule has 0 bridgehead atoms. The van der Waals surface area contributed by atoms with E-state index in [2.05, 4.69) is 60.1 Å². The van der Waals surface area contributed by atoms with Gasteiger partial charge in [0.05, 0.1) is 24.1 Å². The molecular formula is C26H35N3O3. The summed E-state index contributed by atoms with van der Waals surface area (Å²) in [4.78, 5) is 15.7. The molecule has 1 aromatic heterocycles. The number of fused-ring (bicyclic) bond motifs is 2. The summed E-state index contributed by atoms with van der Waals surface area (Å²) in [6.45, 7) is 9.33. The summed E-state index contributed by atoms with van der Waals surface area (Å²) in [6.07, 6.45) is 6.75. The quantitative estimate of drug-likeness (QED) is 0.787. The van der Waals surface area contributed by atoms with Crippen LogP contribution in [0, 0.1) is 6.92 Å². The maximum atomic E-state index is 13.7. The lowest BCUT2D eigenvalue weighted by Gasteiger charge is -2.47. The van der Waals surface area contributed by atoms with Gasteiger partial charge in [0.25, 0.3) is 0 Å². The zero-order valence-corrected chi connectivity index (χ0v) is 19.6. The third-order valence-corrected chi connectivity index (χ3v) is 7.89. The van der Waals surface area contributed by atoms with E-state index in [1.807, 2.05) is 6.20 Å². The fourth-order valence-electron chi connectivity index (χ4n) is 6.36. The van der Waals surface area contributed by atoms with E-state index in [9.17, 15) is 4.79 Å². The largest absolute Gasteiger partial charge is 0.376 e. The molecule has 6 nitrogen and oxygen atoms in total. The maximum absolute atomic E-state index is 13.7. The Balaban J connectivity index is 1.35.